The lowest BCUT2D eigenvalue weighted by Crippen LogP contribution is -2.46. The molecule has 1 heterocycles. The van der Waals surface area contributed by atoms with Crippen LogP contribution < -0.4 is 4.90 Å². The van der Waals surface area contributed by atoms with E-state index in [0.29, 0.717) is 17.7 Å². The molecule has 0 aromatic heterocycles. The number of carbonyl (C=O) groups excluding carboxylic acids is 1. The molecule has 1 fully saturated rings. The van der Waals surface area contributed by atoms with Crippen molar-refractivity contribution in [2.45, 2.75) is 6.92 Å². The first-order valence-corrected chi connectivity index (χ1v) is 6.61. The predicted octanol–water partition coefficient (Wildman–Crippen LogP) is 1.52. The van der Waals surface area contributed by atoms with Crippen LogP contribution in [0.3, 0.4) is 0 Å². The number of hydrogen-bond acceptors (Lipinski definition) is 4. The van der Waals surface area contributed by atoms with E-state index >= 15 is 0 Å². The van der Waals surface area contributed by atoms with Gasteiger partial charge in [-0.05, 0) is 25.1 Å². The van der Waals surface area contributed by atoms with Crippen LogP contribution in [0.1, 0.15) is 22.8 Å². The third kappa shape index (κ3) is 2.99. The molecule has 102 valence electrons. The highest BCUT2D eigenvalue weighted by Gasteiger charge is 2.20. The highest BCUT2D eigenvalue weighted by molar-refractivity contribution is 6.00. The second-order valence-electron chi connectivity index (χ2n) is 4.87. The largest absolute Gasteiger partial charge is 0.368 e. The number of hydrogen-bond donors (Lipinski definition) is 0. The first-order valence-electron chi connectivity index (χ1n) is 6.61. The van der Waals surface area contributed by atoms with Crippen LogP contribution in [-0.4, -0.2) is 43.4 Å². The molecule has 1 aromatic carbocycles. The summed E-state index contributed by atoms with van der Waals surface area (Å²) >= 11 is 0. The van der Waals surface area contributed by atoms with Gasteiger partial charge in [-0.2, -0.15) is 5.26 Å². The molecule has 4 nitrogen and oxygen atoms in total. The van der Waals surface area contributed by atoms with Gasteiger partial charge >= 0.3 is 0 Å². The van der Waals surface area contributed by atoms with E-state index in [1.54, 1.807) is 25.1 Å². The second-order valence-corrected chi connectivity index (χ2v) is 4.87. The number of rotatable bonds is 3. The Morgan fingerprint density at radius 2 is 2.05 bits per heavy atom. The minimum atomic E-state index is 0.0237. The Kier molecular flexibility index (Phi) is 4.40. The van der Waals surface area contributed by atoms with E-state index in [-0.39, 0.29) is 5.78 Å². The van der Waals surface area contributed by atoms with Crippen molar-refractivity contribution >= 4 is 11.5 Å². The van der Waals surface area contributed by atoms with Gasteiger partial charge in [0.1, 0.15) is 0 Å². The number of carbonyl (C=O) groups is 1. The Hall–Kier alpha value is -2.30. The van der Waals surface area contributed by atoms with E-state index in [9.17, 15) is 4.79 Å². The summed E-state index contributed by atoms with van der Waals surface area (Å²) in [5.74, 6) is 2.67. The Labute approximate surface area is 119 Å². The van der Waals surface area contributed by atoms with Gasteiger partial charge in [0.25, 0.3) is 0 Å². The Morgan fingerprint density at radius 1 is 1.35 bits per heavy atom. The molecule has 2 rings (SSSR count). The summed E-state index contributed by atoms with van der Waals surface area (Å²) in [4.78, 5) is 16.1. The van der Waals surface area contributed by atoms with Crippen molar-refractivity contribution in [2.75, 3.05) is 37.6 Å². The fourth-order valence-electron chi connectivity index (χ4n) is 2.44. The molecule has 0 unspecified atom stereocenters. The van der Waals surface area contributed by atoms with E-state index in [0.717, 1.165) is 31.9 Å². The fourth-order valence-corrected chi connectivity index (χ4v) is 2.44. The van der Waals surface area contributed by atoms with Gasteiger partial charge < -0.3 is 4.90 Å². The van der Waals surface area contributed by atoms with Crippen LogP contribution >= 0.6 is 0 Å². The quantitative estimate of drug-likeness (QED) is 0.615. The Morgan fingerprint density at radius 3 is 2.60 bits per heavy atom. The van der Waals surface area contributed by atoms with Crippen molar-refractivity contribution in [2.24, 2.45) is 0 Å². The van der Waals surface area contributed by atoms with Crippen molar-refractivity contribution in [3.8, 4) is 18.4 Å². The minimum Gasteiger partial charge on any atom is -0.368 e. The molecule has 0 spiro atoms. The van der Waals surface area contributed by atoms with Crippen molar-refractivity contribution in [3.63, 3.8) is 0 Å². The minimum absolute atomic E-state index is 0.0237. The zero-order valence-electron chi connectivity index (χ0n) is 11.6. The lowest BCUT2D eigenvalue weighted by Gasteiger charge is -2.36. The number of nitrogens with zero attached hydrogens (tertiary/aromatic N) is 3. The molecular formula is C16H17N3O. The summed E-state index contributed by atoms with van der Waals surface area (Å²) in [6.07, 6.45) is 5.32. The van der Waals surface area contributed by atoms with Gasteiger partial charge in [0.2, 0.25) is 0 Å². The summed E-state index contributed by atoms with van der Waals surface area (Å²) in [6.45, 7) is 5.59. The Bertz CT molecular complexity index is 587. The summed E-state index contributed by atoms with van der Waals surface area (Å²) < 4.78 is 0. The number of anilines is 1. The number of terminal acetylenes is 1. The molecule has 0 bridgehead atoms. The Balaban J connectivity index is 2.22. The van der Waals surface area contributed by atoms with Crippen molar-refractivity contribution in [1.29, 1.82) is 5.26 Å². The average molecular weight is 267 g/mol. The summed E-state index contributed by atoms with van der Waals surface area (Å²) in [6, 6.07) is 7.36. The molecule has 0 aliphatic carbocycles. The van der Waals surface area contributed by atoms with Gasteiger partial charge in [0.15, 0.2) is 5.78 Å². The molecule has 1 aliphatic heterocycles. The molecular weight excluding hydrogens is 250 g/mol. The SMILES string of the molecule is C#CCN1CCN(c2cc(C#N)ccc2C(C)=O)CC1. The van der Waals surface area contributed by atoms with E-state index in [1.165, 1.54) is 0 Å². The number of piperazine rings is 1. The number of benzene rings is 1. The van der Waals surface area contributed by atoms with Gasteiger partial charge in [0, 0.05) is 37.4 Å². The smallest absolute Gasteiger partial charge is 0.161 e. The molecule has 0 saturated carbocycles. The van der Waals surface area contributed by atoms with Crippen LogP contribution in [0.2, 0.25) is 0 Å². The van der Waals surface area contributed by atoms with E-state index in [1.807, 2.05) is 0 Å². The lowest BCUT2D eigenvalue weighted by atomic mass is 10.0. The third-order valence-corrected chi connectivity index (χ3v) is 3.53. The summed E-state index contributed by atoms with van der Waals surface area (Å²) in [7, 11) is 0. The molecule has 0 atom stereocenters. The zero-order chi connectivity index (χ0) is 14.5. The lowest BCUT2D eigenvalue weighted by molar-refractivity contribution is 0.101. The maximum atomic E-state index is 11.7. The first kappa shape index (κ1) is 14.1. The van der Waals surface area contributed by atoms with E-state index in [2.05, 4.69) is 21.8 Å². The average Bonchev–Trinajstić information content (AvgIpc) is 2.47. The third-order valence-electron chi connectivity index (χ3n) is 3.53. The maximum Gasteiger partial charge on any atom is 0.161 e. The first-order chi connectivity index (χ1) is 9.65. The van der Waals surface area contributed by atoms with E-state index < -0.39 is 0 Å². The van der Waals surface area contributed by atoms with Gasteiger partial charge in [-0.3, -0.25) is 9.69 Å². The van der Waals surface area contributed by atoms with Gasteiger partial charge in [0.05, 0.1) is 18.2 Å². The molecule has 4 heteroatoms. The van der Waals surface area contributed by atoms with Crippen LogP contribution in [-0.2, 0) is 0 Å². The molecule has 0 N–H and O–H groups in total. The molecule has 0 amide bonds. The summed E-state index contributed by atoms with van der Waals surface area (Å²) in [5, 5.41) is 9.02. The van der Waals surface area contributed by atoms with Crippen LogP contribution in [0.4, 0.5) is 5.69 Å². The van der Waals surface area contributed by atoms with Crippen molar-refractivity contribution in [3.05, 3.63) is 29.3 Å². The van der Waals surface area contributed by atoms with Crippen molar-refractivity contribution in [1.82, 2.24) is 4.90 Å². The number of ketones is 1. The highest BCUT2D eigenvalue weighted by Crippen LogP contribution is 2.24. The van der Waals surface area contributed by atoms with Crippen LogP contribution in [0.5, 0.6) is 0 Å². The van der Waals surface area contributed by atoms with Gasteiger partial charge in [-0.15, -0.1) is 6.42 Å². The molecule has 20 heavy (non-hydrogen) atoms. The predicted molar refractivity (Wildman–Crippen MR) is 78.6 cm³/mol. The van der Waals surface area contributed by atoms with Crippen molar-refractivity contribution < 1.29 is 4.79 Å². The normalized spacial score (nSPS) is 15.4. The molecule has 1 saturated heterocycles. The summed E-state index contributed by atoms with van der Waals surface area (Å²) in [5.41, 5.74) is 2.11. The standard InChI is InChI=1S/C16H17N3O/c1-3-6-18-7-9-19(10-8-18)16-11-14(12-17)4-5-15(16)13(2)20/h1,4-5,11H,6-10H2,2H3. The fraction of sp³-hybridized carbons (Fsp3) is 0.375. The topological polar surface area (TPSA) is 47.3 Å². The molecule has 0 radical (unpaired) electrons. The highest BCUT2D eigenvalue weighted by atomic mass is 16.1. The van der Waals surface area contributed by atoms with Gasteiger partial charge in [-0.1, -0.05) is 5.92 Å². The number of Topliss-reactive ketones (excluding diaryl/α,β-unsaturated/α-hetero) is 1. The monoisotopic (exact) mass is 267 g/mol. The maximum absolute atomic E-state index is 11.7. The molecule has 1 aromatic rings. The van der Waals surface area contributed by atoms with Crippen LogP contribution in [0.25, 0.3) is 0 Å². The zero-order valence-corrected chi connectivity index (χ0v) is 11.6. The number of nitriles is 1. The second kappa shape index (κ2) is 6.23. The molecule has 1 aliphatic rings. The van der Waals surface area contributed by atoms with Crippen LogP contribution in [0.15, 0.2) is 18.2 Å². The van der Waals surface area contributed by atoms with E-state index in [4.69, 9.17) is 11.7 Å². The van der Waals surface area contributed by atoms with Gasteiger partial charge in [-0.25, -0.2) is 0 Å². The van der Waals surface area contributed by atoms with Crippen LogP contribution in [0, 0.1) is 23.7 Å².